The Bertz CT molecular complexity index is 1400. The number of Topliss-reactive ketones (excluding diaryl/α,β-unsaturated/α-hetero) is 1. The molecule has 33 heavy (non-hydrogen) atoms. The number of carbonyl (C=O) groups is 3. The second-order valence-electron chi connectivity index (χ2n) is 7.86. The van der Waals surface area contributed by atoms with Gasteiger partial charge < -0.3 is 10.1 Å². The molecule has 5 rings (SSSR count). The van der Waals surface area contributed by atoms with E-state index in [0.717, 1.165) is 16.8 Å². The van der Waals surface area contributed by atoms with Gasteiger partial charge in [-0.1, -0.05) is 48.5 Å². The molecule has 0 spiro atoms. The van der Waals surface area contributed by atoms with Crippen molar-refractivity contribution in [1.29, 1.82) is 0 Å². The number of esters is 1. The number of carbonyl (C=O) groups excluding carboxylic acids is 3. The van der Waals surface area contributed by atoms with Crippen molar-refractivity contribution in [1.82, 2.24) is 4.98 Å². The molecule has 1 amide bonds. The van der Waals surface area contributed by atoms with Gasteiger partial charge in [-0.15, -0.1) is 0 Å². The first-order valence-corrected chi connectivity index (χ1v) is 10.7. The van der Waals surface area contributed by atoms with Crippen molar-refractivity contribution >= 4 is 34.3 Å². The van der Waals surface area contributed by atoms with Crippen LogP contribution in [0, 0.1) is 0 Å². The summed E-state index contributed by atoms with van der Waals surface area (Å²) in [5.41, 5.74) is 4.64. The number of nitrogens with zero attached hydrogens (tertiary/aromatic N) is 1. The minimum Gasteiger partial charge on any atom is -0.454 e. The van der Waals surface area contributed by atoms with E-state index in [1.807, 2.05) is 54.6 Å². The van der Waals surface area contributed by atoms with Crippen LogP contribution in [0.4, 0.5) is 5.69 Å². The van der Waals surface area contributed by atoms with Crippen LogP contribution in [-0.4, -0.2) is 29.3 Å². The average molecular weight is 436 g/mol. The van der Waals surface area contributed by atoms with E-state index in [0.29, 0.717) is 40.6 Å². The number of pyridine rings is 1. The lowest BCUT2D eigenvalue weighted by atomic mass is 9.99. The SMILES string of the molecule is O=C1CCc2cc(C(=O)COC(=O)c3cc(-c4ccccc4)nc4ccccc34)ccc2N1. The molecule has 2 heterocycles. The van der Waals surface area contributed by atoms with Gasteiger partial charge in [-0.25, -0.2) is 9.78 Å². The van der Waals surface area contributed by atoms with Crippen LogP contribution in [0.15, 0.2) is 78.9 Å². The number of para-hydroxylation sites is 1. The Morgan fingerprint density at radius 3 is 2.55 bits per heavy atom. The van der Waals surface area contributed by atoms with E-state index in [4.69, 9.17) is 4.74 Å². The van der Waals surface area contributed by atoms with Crippen LogP contribution in [0.2, 0.25) is 0 Å². The maximum atomic E-state index is 13.0. The van der Waals surface area contributed by atoms with E-state index in [1.54, 1.807) is 24.3 Å². The zero-order valence-corrected chi connectivity index (χ0v) is 17.7. The van der Waals surface area contributed by atoms with Crippen LogP contribution in [0.25, 0.3) is 22.2 Å². The third-order valence-electron chi connectivity index (χ3n) is 5.66. The fourth-order valence-corrected chi connectivity index (χ4v) is 3.95. The largest absolute Gasteiger partial charge is 0.454 e. The van der Waals surface area contributed by atoms with Crippen LogP contribution < -0.4 is 5.32 Å². The van der Waals surface area contributed by atoms with Crippen molar-refractivity contribution in [3.8, 4) is 11.3 Å². The van der Waals surface area contributed by atoms with Crippen LogP contribution in [0.3, 0.4) is 0 Å². The minimum absolute atomic E-state index is 0.0324. The number of benzene rings is 3. The molecule has 0 bridgehead atoms. The number of hydrogen-bond acceptors (Lipinski definition) is 5. The molecule has 0 atom stereocenters. The predicted octanol–water partition coefficient (Wildman–Crippen LogP) is 4.83. The van der Waals surface area contributed by atoms with Crippen LogP contribution in [0.1, 0.15) is 32.7 Å². The Morgan fingerprint density at radius 2 is 1.70 bits per heavy atom. The van der Waals surface area contributed by atoms with Gasteiger partial charge in [-0.3, -0.25) is 9.59 Å². The summed E-state index contributed by atoms with van der Waals surface area (Å²) in [5, 5.41) is 3.46. The van der Waals surface area contributed by atoms with Crippen molar-refractivity contribution < 1.29 is 19.1 Å². The number of fused-ring (bicyclic) bond motifs is 2. The van der Waals surface area contributed by atoms with Crippen molar-refractivity contribution in [3.63, 3.8) is 0 Å². The summed E-state index contributed by atoms with van der Waals surface area (Å²) >= 11 is 0. The summed E-state index contributed by atoms with van der Waals surface area (Å²) < 4.78 is 5.42. The highest BCUT2D eigenvalue weighted by Crippen LogP contribution is 2.26. The lowest BCUT2D eigenvalue weighted by Crippen LogP contribution is -2.20. The first-order valence-electron chi connectivity index (χ1n) is 10.7. The summed E-state index contributed by atoms with van der Waals surface area (Å²) in [6.07, 6.45) is 0.964. The number of aryl methyl sites for hydroxylation is 1. The van der Waals surface area contributed by atoms with Crippen molar-refractivity contribution in [2.75, 3.05) is 11.9 Å². The highest BCUT2D eigenvalue weighted by atomic mass is 16.5. The molecule has 0 saturated heterocycles. The molecule has 0 fully saturated rings. The topological polar surface area (TPSA) is 85.4 Å². The number of amides is 1. The van der Waals surface area contributed by atoms with Gasteiger partial charge in [0.15, 0.2) is 12.4 Å². The van der Waals surface area contributed by atoms with Gasteiger partial charge in [-0.05, 0) is 42.3 Å². The summed E-state index contributed by atoms with van der Waals surface area (Å²) in [6, 6.07) is 23.7. The van der Waals surface area contributed by atoms with Gasteiger partial charge in [0.1, 0.15) is 0 Å². The molecular weight excluding hydrogens is 416 g/mol. The van der Waals surface area contributed by atoms with Crippen molar-refractivity contribution in [3.05, 3.63) is 95.6 Å². The fraction of sp³-hybridized carbons (Fsp3) is 0.111. The Morgan fingerprint density at radius 1 is 0.909 bits per heavy atom. The Kier molecular flexibility index (Phi) is 5.40. The molecule has 0 saturated carbocycles. The number of ketones is 1. The number of anilines is 1. The number of rotatable bonds is 5. The fourth-order valence-electron chi connectivity index (χ4n) is 3.95. The zero-order chi connectivity index (χ0) is 22.8. The maximum absolute atomic E-state index is 13.0. The molecule has 1 aromatic heterocycles. The molecule has 4 aromatic rings. The Balaban J connectivity index is 1.38. The molecular formula is C27H20N2O4. The lowest BCUT2D eigenvalue weighted by molar-refractivity contribution is -0.116. The van der Waals surface area contributed by atoms with Gasteiger partial charge >= 0.3 is 5.97 Å². The van der Waals surface area contributed by atoms with Crippen molar-refractivity contribution in [2.24, 2.45) is 0 Å². The van der Waals surface area contributed by atoms with E-state index in [1.165, 1.54) is 0 Å². The summed E-state index contributed by atoms with van der Waals surface area (Å²) in [7, 11) is 0. The molecule has 6 nitrogen and oxygen atoms in total. The average Bonchev–Trinajstić information content (AvgIpc) is 2.86. The van der Waals surface area contributed by atoms with Gasteiger partial charge in [-0.2, -0.15) is 0 Å². The monoisotopic (exact) mass is 436 g/mol. The lowest BCUT2D eigenvalue weighted by Gasteiger charge is -2.17. The molecule has 3 aromatic carbocycles. The smallest absolute Gasteiger partial charge is 0.339 e. The molecule has 0 unspecified atom stereocenters. The van der Waals surface area contributed by atoms with E-state index in [9.17, 15) is 14.4 Å². The molecule has 0 radical (unpaired) electrons. The molecule has 1 aliphatic heterocycles. The number of ether oxygens (including phenoxy) is 1. The van der Waals surface area contributed by atoms with E-state index < -0.39 is 5.97 Å². The second-order valence-corrected chi connectivity index (χ2v) is 7.86. The van der Waals surface area contributed by atoms with Crippen LogP contribution in [0.5, 0.6) is 0 Å². The predicted molar refractivity (Wildman–Crippen MR) is 125 cm³/mol. The summed E-state index contributed by atoms with van der Waals surface area (Å²) in [4.78, 5) is 41.9. The van der Waals surface area contributed by atoms with E-state index >= 15 is 0 Å². The van der Waals surface area contributed by atoms with Gasteiger partial charge in [0, 0.05) is 28.6 Å². The Labute approximate surface area is 190 Å². The first-order chi connectivity index (χ1) is 16.1. The van der Waals surface area contributed by atoms with Gasteiger partial charge in [0.05, 0.1) is 16.8 Å². The molecule has 1 N–H and O–H groups in total. The number of aromatic nitrogens is 1. The third kappa shape index (κ3) is 4.23. The number of hydrogen-bond donors (Lipinski definition) is 1. The Hall–Kier alpha value is -4.32. The summed E-state index contributed by atoms with van der Waals surface area (Å²) in [6.45, 7) is -0.374. The highest BCUT2D eigenvalue weighted by Gasteiger charge is 2.19. The third-order valence-corrected chi connectivity index (χ3v) is 5.66. The highest BCUT2D eigenvalue weighted by molar-refractivity contribution is 6.06. The summed E-state index contributed by atoms with van der Waals surface area (Å²) in [5.74, 6) is -0.913. The normalized spacial score (nSPS) is 12.7. The first kappa shape index (κ1) is 20.6. The minimum atomic E-state index is -0.579. The van der Waals surface area contributed by atoms with Gasteiger partial charge in [0.25, 0.3) is 0 Å². The van der Waals surface area contributed by atoms with Crippen LogP contribution in [-0.2, 0) is 16.0 Å². The van der Waals surface area contributed by atoms with E-state index in [-0.39, 0.29) is 18.3 Å². The molecule has 1 aliphatic rings. The second kappa shape index (κ2) is 8.67. The standard InChI is InChI=1S/C27H20N2O4/c30-25(19-10-12-22-18(14-19)11-13-26(31)29-22)16-33-27(32)21-15-24(17-6-2-1-3-7-17)28-23-9-5-4-8-20(21)23/h1-10,12,14-15H,11,13,16H2,(H,29,31). The molecule has 162 valence electrons. The maximum Gasteiger partial charge on any atom is 0.339 e. The molecule has 0 aliphatic carbocycles. The number of nitrogens with one attached hydrogen (secondary N) is 1. The van der Waals surface area contributed by atoms with Gasteiger partial charge in [0.2, 0.25) is 5.91 Å². The quantitative estimate of drug-likeness (QED) is 0.358. The van der Waals surface area contributed by atoms with Crippen molar-refractivity contribution in [2.45, 2.75) is 12.8 Å². The zero-order valence-electron chi connectivity index (χ0n) is 17.7. The molecule has 6 heteroatoms. The van der Waals surface area contributed by atoms with Crippen LogP contribution >= 0.6 is 0 Å². The van der Waals surface area contributed by atoms with E-state index in [2.05, 4.69) is 10.3 Å².